The smallest absolute Gasteiger partial charge is 0.290 e. The van der Waals surface area contributed by atoms with Crippen molar-refractivity contribution in [2.24, 2.45) is 5.92 Å². The van der Waals surface area contributed by atoms with Crippen LogP contribution in [0.4, 0.5) is 0 Å². The number of aromatic nitrogens is 1. The molecule has 0 bridgehead atoms. The quantitative estimate of drug-likeness (QED) is 0.868. The Morgan fingerprint density at radius 1 is 1.61 bits per heavy atom. The maximum atomic E-state index is 12.0. The summed E-state index contributed by atoms with van der Waals surface area (Å²) < 4.78 is 5.05. The highest BCUT2D eigenvalue weighted by Crippen LogP contribution is 2.31. The molecule has 0 spiro atoms. The molecule has 1 heterocycles. The summed E-state index contributed by atoms with van der Waals surface area (Å²) in [5.74, 6) is 0.472. The summed E-state index contributed by atoms with van der Waals surface area (Å²) in [5, 5.41) is 12.1. The molecule has 0 radical (unpaired) electrons. The van der Waals surface area contributed by atoms with Crippen molar-refractivity contribution in [3.63, 3.8) is 0 Å². The summed E-state index contributed by atoms with van der Waals surface area (Å²) >= 11 is 0. The van der Waals surface area contributed by atoms with Crippen LogP contribution < -0.4 is 5.32 Å². The van der Waals surface area contributed by atoms with Crippen molar-refractivity contribution in [1.82, 2.24) is 10.3 Å². The van der Waals surface area contributed by atoms with Crippen LogP contribution in [0.1, 0.15) is 48.9 Å². The summed E-state index contributed by atoms with van der Waals surface area (Å²) in [6, 6.07) is 2.26. The number of rotatable bonds is 2. The number of hydrogen-bond donors (Lipinski definition) is 1. The van der Waals surface area contributed by atoms with Gasteiger partial charge < -0.3 is 9.73 Å². The second kappa shape index (κ2) is 4.81. The highest BCUT2D eigenvalue weighted by Gasteiger charge is 2.36. The zero-order chi connectivity index (χ0) is 13.2. The van der Waals surface area contributed by atoms with Gasteiger partial charge in [-0.05, 0) is 38.5 Å². The van der Waals surface area contributed by atoms with Crippen LogP contribution in [0.15, 0.2) is 10.8 Å². The van der Waals surface area contributed by atoms with E-state index in [2.05, 4.69) is 23.3 Å². The molecule has 18 heavy (non-hydrogen) atoms. The average molecular weight is 247 g/mol. The molecule has 96 valence electrons. The number of carbonyl (C=O) groups excluding carboxylic acids is 1. The van der Waals surface area contributed by atoms with Gasteiger partial charge in [0.25, 0.3) is 5.91 Å². The first-order chi connectivity index (χ1) is 8.56. The van der Waals surface area contributed by atoms with Gasteiger partial charge in [-0.1, -0.05) is 6.92 Å². The van der Waals surface area contributed by atoms with Crippen LogP contribution in [0.25, 0.3) is 0 Å². The number of oxazole rings is 1. The SMILES string of the molecule is Cc1ncoc1C(=O)NC1(C#N)CCC(C)CC1. The molecule has 1 aliphatic carbocycles. The highest BCUT2D eigenvalue weighted by molar-refractivity contribution is 5.93. The maximum Gasteiger partial charge on any atom is 0.290 e. The molecule has 5 heteroatoms. The summed E-state index contributed by atoms with van der Waals surface area (Å²) in [7, 11) is 0. The van der Waals surface area contributed by atoms with E-state index in [1.165, 1.54) is 6.39 Å². The molecule has 0 atom stereocenters. The van der Waals surface area contributed by atoms with Gasteiger partial charge in [-0.3, -0.25) is 4.79 Å². The zero-order valence-electron chi connectivity index (χ0n) is 10.7. The minimum atomic E-state index is -0.747. The lowest BCUT2D eigenvalue weighted by atomic mass is 9.78. The summed E-state index contributed by atoms with van der Waals surface area (Å²) in [4.78, 5) is 15.9. The number of carbonyl (C=O) groups is 1. The number of nitrogens with one attached hydrogen (secondary N) is 1. The molecule has 5 nitrogen and oxygen atoms in total. The van der Waals surface area contributed by atoms with E-state index in [0.717, 1.165) is 12.8 Å². The fourth-order valence-electron chi connectivity index (χ4n) is 2.31. The first kappa shape index (κ1) is 12.6. The lowest BCUT2D eigenvalue weighted by Crippen LogP contribution is -2.49. The molecule has 1 saturated carbocycles. The molecule has 1 fully saturated rings. The van der Waals surface area contributed by atoms with Gasteiger partial charge in [-0.25, -0.2) is 4.98 Å². The van der Waals surface area contributed by atoms with Crippen molar-refractivity contribution < 1.29 is 9.21 Å². The summed E-state index contributed by atoms with van der Waals surface area (Å²) in [6.07, 6.45) is 4.56. The van der Waals surface area contributed by atoms with Crippen molar-refractivity contribution in [3.05, 3.63) is 17.8 Å². The van der Waals surface area contributed by atoms with E-state index in [1.54, 1.807) is 6.92 Å². The van der Waals surface area contributed by atoms with Crippen LogP contribution in [0, 0.1) is 24.2 Å². The third-order valence-corrected chi connectivity index (χ3v) is 3.65. The van der Waals surface area contributed by atoms with E-state index in [0.29, 0.717) is 24.5 Å². The Labute approximate surface area is 106 Å². The van der Waals surface area contributed by atoms with Crippen molar-refractivity contribution in [1.29, 1.82) is 5.26 Å². The second-order valence-corrected chi connectivity index (χ2v) is 5.10. The third kappa shape index (κ3) is 2.37. The Bertz CT molecular complexity index is 479. The molecule has 0 aliphatic heterocycles. The third-order valence-electron chi connectivity index (χ3n) is 3.65. The predicted octanol–water partition coefficient (Wildman–Crippen LogP) is 2.19. The molecular formula is C13H17N3O2. The van der Waals surface area contributed by atoms with E-state index in [1.807, 2.05) is 0 Å². The first-order valence-electron chi connectivity index (χ1n) is 6.20. The van der Waals surface area contributed by atoms with Crippen LogP contribution in [0.2, 0.25) is 0 Å². The Morgan fingerprint density at radius 2 is 2.28 bits per heavy atom. The fraction of sp³-hybridized carbons (Fsp3) is 0.615. The molecule has 1 aromatic rings. The minimum Gasteiger partial charge on any atom is -0.438 e. The number of aryl methyl sites for hydroxylation is 1. The number of amides is 1. The van der Waals surface area contributed by atoms with Crippen LogP contribution in [-0.4, -0.2) is 16.4 Å². The van der Waals surface area contributed by atoms with E-state index in [9.17, 15) is 10.1 Å². The summed E-state index contributed by atoms with van der Waals surface area (Å²) in [5.41, 5.74) is -0.201. The molecule has 1 aliphatic rings. The van der Waals surface area contributed by atoms with Gasteiger partial charge in [-0.2, -0.15) is 5.26 Å². The van der Waals surface area contributed by atoms with Crippen LogP contribution in [0.3, 0.4) is 0 Å². The van der Waals surface area contributed by atoms with Crippen LogP contribution in [0.5, 0.6) is 0 Å². The number of nitrogens with zero attached hydrogens (tertiary/aromatic N) is 2. The average Bonchev–Trinajstić information content (AvgIpc) is 2.79. The molecule has 2 rings (SSSR count). The van der Waals surface area contributed by atoms with Gasteiger partial charge in [0.2, 0.25) is 5.76 Å². The molecule has 1 N–H and O–H groups in total. The second-order valence-electron chi connectivity index (χ2n) is 5.10. The van der Waals surface area contributed by atoms with Crippen molar-refractivity contribution in [2.45, 2.75) is 45.1 Å². The Morgan fingerprint density at radius 3 is 2.78 bits per heavy atom. The molecule has 1 amide bonds. The van der Waals surface area contributed by atoms with Gasteiger partial charge in [0.15, 0.2) is 6.39 Å². The predicted molar refractivity (Wildman–Crippen MR) is 64.7 cm³/mol. The highest BCUT2D eigenvalue weighted by atomic mass is 16.3. The largest absolute Gasteiger partial charge is 0.438 e. The monoisotopic (exact) mass is 247 g/mol. The molecular weight excluding hydrogens is 230 g/mol. The normalized spacial score (nSPS) is 27.5. The molecule has 1 aromatic heterocycles. The Hall–Kier alpha value is -1.83. The molecule has 0 unspecified atom stereocenters. The van der Waals surface area contributed by atoms with Gasteiger partial charge in [0.05, 0.1) is 11.8 Å². The maximum absolute atomic E-state index is 12.0. The van der Waals surface area contributed by atoms with E-state index >= 15 is 0 Å². The lowest BCUT2D eigenvalue weighted by molar-refractivity contribution is 0.0864. The Kier molecular flexibility index (Phi) is 3.37. The van der Waals surface area contributed by atoms with E-state index < -0.39 is 5.54 Å². The standard InChI is InChI=1S/C13H17N3O2/c1-9-3-5-13(7-14,6-4-9)16-12(17)11-10(2)15-8-18-11/h8-9H,3-6H2,1-2H3,(H,16,17). The van der Waals surface area contributed by atoms with Gasteiger partial charge in [-0.15, -0.1) is 0 Å². The van der Waals surface area contributed by atoms with Gasteiger partial charge in [0.1, 0.15) is 5.54 Å². The zero-order valence-corrected chi connectivity index (χ0v) is 10.7. The van der Waals surface area contributed by atoms with Crippen molar-refractivity contribution >= 4 is 5.91 Å². The van der Waals surface area contributed by atoms with Crippen LogP contribution in [-0.2, 0) is 0 Å². The first-order valence-corrected chi connectivity index (χ1v) is 6.20. The molecule has 0 aromatic carbocycles. The number of hydrogen-bond acceptors (Lipinski definition) is 4. The van der Waals surface area contributed by atoms with Gasteiger partial charge >= 0.3 is 0 Å². The topological polar surface area (TPSA) is 78.9 Å². The molecule has 0 saturated heterocycles. The van der Waals surface area contributed by atoms with Gasteiger partial charge in [0, 0.05) is 0 Å². The van der Waals surface area contributed by atoms with Crippen molar-refractivity contribution in [3.8, 4) is 6.07 Å². The minimum absolute atomic E-state index is 0.197. The summed E-state index contributed by atoms with van der Waals surface area (Å²) in [6.45, 7) is 3.88. The van der Waals surface area contributed by atoms with Crippen LogP contribution >= 0.6 is 0 Å². The van der Waals surface area contributed by atoms with Crippen molar-refractivity contribution in [2.75, 3.05) is 0 Å². The van der Waals surface area contributed by atoms with E-state index in [4.69, 9.17) is 4.42 Å². The number of nitriles is 1. The fourth-order valence-corrected chi connectivity index (χ4v) is 2.31. The Balaban J connectivity index is 2.10. The van der Waals surface area contributed by atoms with E-state index in [-0.39, 0.29) is 11.7 Å². The lowest BCUT2D eigenvalue weighted by Gasteiger charge is -2.34.